The topological polar surface area (TPSA) is 41.5 Å². The molecule has 3 heteroatoms. The van der Waals surface area contributed by atoms with Crippen LogP contribution in [0.15, 0.2) is 18.2 Å². The summed E-state index contributed by atoms with van der Waals surface area (Å²) in [7, 11) is 0. The average Bonchev–Trinajstić information content (AvgIpc) is 2.40. The largest absolute Gasteiger partial charge is 0.508 e. The van der Waals surface area contributed by atoms with Crippen LogP contribution in [0.5, 0.6) is 5.75 Å². The number of hydrogen-bond acceptors (Lipinski definition) is 3. The zero-order valence-corrected chi connectivity index (χ0v) is 10.7. The second-order valence-electron chi connectivity index (χ2n) is 5.38. The number of benzene rings is 1. The Balaban J connectivity index is 1.74. The van der Waals surface area contributed by atoms with Gasteiger partial charge in [-0.3, -0.25) is 0 Å². The lowest BCUT2D eigenvalue weighted by Crippen LogP contribution is -2.38. The van der Waals surface area contributed by atoms with E-state index in [9.17, 15) is 5.11 Å². The molecule has 3 nitrogen and oxygen atoms in total. The number of aryl methyl sites for hydroxylation is 1. The Labute approximate surface area is 108 Å². The van der Waals surface area contributed by atoms with E-state index in [0.29, 0.717) is 17.8 Å². The number of ether oxygens (including phenoxy) is 1. The second-order valence-corrected chi connectivity index (χ2v) is 5.38. The molecule has 98 valence electrons. The van der Waals surface area contributed by atoms with Gasteiger partial charge in [-0.05, 0) is 55.4 Å². The number of nitrogens with one attached hydrogen (secondary N) is 1. The van der Waals surface area contributed by atoms with Crippen molar-refractivity contribution in [1.29, 1.82) is 0 Å². The summed E-state index contributed by atoms with van der Waals surface area (Å²) in [4.78, 5) is 0. The van der Waals surface area contributed by atoms with Gasteiger partial charge < -0.3 is 15.2 Å². The van der Waals surface area contributed by atoms with Gasteiger partial charge in [0.05, 0.1) is 0 Å². The molecule has 1 aliphatic carbocycles. The molecule has 0 bridgehead atoms. The standard InChI is InChI=1S/C15H21NO2/c17-13-4-5-14-11(10-13)2-1-3-15(14)16-12-6-8-18-9-7-12/h4-5,10,12,15-17H,1-3,6-9H2. The number of phenols is 1. The molecule has 1 aromatic carbocycles. The maximum Gasteiger partial charge on any atom is 0.115 e. The Morgan fingerprint density at radius 3 is 2.83 bits per heavy atom. The minimum Gasteiger partial charge on any atom is -0.508 e. The number of phenolic OH excluding ortho intramolecular Hbond substituents is 1. The van der Waals surface area contributed by atoms with E-state index in [4.69, 9.17) is 4.74 Å². The molecule has 0 aromatic heterocycles. The van der Waals surface area contributed by atoms with Crippen molar-refractivity contribution in [1.82, 2.24) is 5.32 Å². The summed E-state index contributed by atoms with van der Waals surface area (Å²) in [5.74, 6) is 0.389. The van der Waals surface area contributed by atoms with Crippen LogP contribution >= 0.6 is 0 Å². The van der Waals surface area contributed by atoms with Crippen LogP contribution in [-0.2, 0) is 11.2 Å². The molecule has 1 saturated heterocycles. The highest BCUT2D eigenvalue weighted by molar-refractivity contribution is 5.38. The highest BCUT2D eigenvalue weighted by Crippen LogP contribution is 2.32. The van der Waals surface area contributed by atoms with E-state index in [1.165, 1.54) is 24.0 Å². The lowest BCUT2D eigenvalue weighted by Gasteiger charge is -2.32. The maximum absolute atomic E-state index is 9.56. The summed E-state index contributed by atoms with van der Waals surface area (Å²) >= 11 is 0. The van der Waals surface area contributed by atoms with Gasteiger partial charge >= 0.3 is 0 Å². The van der Waals surface area contributed by atoms with Crippen LogP contribution in [0.2, 0.25) is 0 Å². The van der Waals surface area contributed by atoms with Gasteiger partial charge in [-0.15, -0.1) is 0 Å². The molecule has 18 heavy (non-hydrogen) atoms. The summed E-state index contributed by atoms with van der Waals surface area (Å²) in [6.45, 7) is 1.76. The quantitative estimate of drug-likeness (QED) is 0.844. The number of aromatic hydroxyl groups is 1. The Hall–Kier alpha value is -1.06. The van der Waals surface area contributed by atoms with Crippen molar-refractivity contribution in [2.75, 3.05) is 13.2 Å². The van der Waals surface area contributed by atoms with Crippen molar-refractivity contribution >= 4 is 0 Å². The minimum absolute atomic E-state index is 0.389. The minimum atomic E-state index is 0.389. The van der Waals surface area contributed by atoms with Crippen LogP contribution < -0.4 is 5.32 Å². The average molecular weight is 247 g/mol. The van der Waals surface area contributed by atoms with Crippen LogP contribution in [0.4, 0.5) is 0 Å². The van der Waals surface area contributed by atoms with E-state index >= 15 is 0 Å². The van der Waals surface area contributed by atoms with Crippen LogP contribution in [-0.4, -0.2) is 24.4 Å². The fourth-order valence-electron chi connectivity index (χ4n) is 3.12. The highest BCUT2D eigenvalue weighted by atomic mass is 16.5. The summed E-state index contributed by atoms with van der Waals surface area (Å²) in [6, 6.07) is 6.86. The van der Waals surface area contributed by atoms with E-state index < -0.39 is 0 Å². The summed E-state index contributed by atoms with van der Waals surface area (Å²) in [6.07, 6.45) is 5.73. The van der Waals surface area contributed by atoms with Crippen LogP contribution in [0.25, 0.3) is 0 Å². The number of hydrogen-bond donors (Lipinski definition) is 2. The molecule has 0 radical (unpaired) electrons. The summed E-state index contributed by atoms with van der Waals surface area (Å²) in [5, 5.41) is 13.3. The first-order valence-electron chi connectivity index (χ1n) is 6.98. The molecule has 0 spiro atoms. The fourth-order valence-corrected chi connectivity index (χ4v) is 3.12. The van der Waals surface area contributed by atoms with Crippen molar-refractivity contribution in [3.05, 3.63) is 29.3 Å². The molecule has 1 aromatic rings. The Morgan fingerprint density at radius 2 is 2.00 bits per heavy atom. The van der Waals surface area contributed by atoms with Crippen LogP contribution in [0.1, 0.15) is 42.9 Å². The first kappa shape index (κ1) is 12.0. The molecule has 1 atom stereocenters. The van der Waals surface area contributed by atoms with Crippen molar-refractivity contribution in [3.8, 4) is 5.75 Å². The fraction of sp³-hybridized carbons (Fsp3) is 0.600. The van der Waals surface area contributed by atoms with E-state index in [1.807, 2.05) is 12.1 Å². The second kappa shape index (κ2) is 5.29. The molecular formula is C15H21NO2. The molecule has 0 saturated carbocycles. The van der Waals surface area contributed by atoms with E-state index in [2.05, 4.69) is 11.4 Å². The predicted molar refractivity (Wildman–Crippen MR) is 70.8 cm³/mol. The molecule has 1 aliphatic heterocycles. The van der Waals surface area contributed by atoms with Gasteiger partial charge in [0.25, 0.3) is 0 Å². The molecule has 1 heterocycles. The van der Waals surface area contributed by atoms with Crippen molar-refractivity contribution in [2.24, 2.45) is 0 Å². The summed E-state index contributed by atoms with van der Waals surface area (Å²) < 4.78 is 5.40. The number of rotatable bonds is 2. The third-order valence-corrected chi connectivity index (χ3v) is 4.10. The van der Waals surface area contributed by atoms with Gasteiger partial charge in [-0.2, -0.15) is 0 Å². The normalized spacial score (nSPS) is 24.8. The monoisotopic (exact) mass is 247 g/mol. The predicted octanol–water partition coefficient (Wildman–Crippen LogP) is 2.54. The molecule has 3 rings (SSSR count). The molecule has 1 unspecified atom stereocenters. The van der Waals surface area contributed by atoms with Crippen LogP contribution in [0.3, 0.4) is 0 Å². The van der Waals surface area contributed by atoms with Crippen LogP contribution in [0, 0.1) is 0 Å². The molecule has 0 amide bonds. The first-order valence-corrected chi connectivity index (χ1v) is 6.98. The SMILES string of the molecule is Oc1ccc2c(c1)CCCC2NC1CCOCC1. The van der Waals surface area contributed by atoms with E-state index in [0.717, 1.165) is 32.5 Å². The van der Waals surface area contributed by atoms with Gasteiger partial charge in [0.2, 0.25) is 0 Å². The molecular weight excluding hydrogens is 226 g/mol. The van der Waals surface area contributed by atoms with Gasteiger partial charge in [-0.1, -0.05) is 6.07 Å². The lowest BCUT2D eigenvalue weighted by atomic mass is 9.86. The van der Waals surface area contributed by atoms with Gasteiger partial charge in [0, 0.05) is 25.3 Å². The third kappa shape index (κ3) is 2.52. The number of fused-ring (bicyclic) bond motifs is 1. The third-order valence-electron chi connectivity index (χ3n) is 4.10. The Kier molecular flexibility index (Phi) is 3.52. The lowest BCUT2D eigenvalue weighted by molar-refractivity contribution is 0.0741. The van der Waals surface area contributed by atoms with Gasteiger partial charge in [-0.25, -0.2) is 0 Å². The summed E-state index contributed by atoms with van der Waals surface area (Å²) in [5.41, 5.74) is 2.69. The van der Waals surface area contributed by atoms with Gasteiger partial charge in [0.15, 0.2) is 0 Å². The maximum atomic E-state index is 9.56. The smallest absolute Gasteiger partial charge is 0.115 e. The highest BCUT2D eigenvalue weighted by Gasteiger charge is 2.24. The Morgan fingerprint density at radius 1 is 1.17 bits per heavy atom. The van der Waals surface area contributed by atoms with E-state index in [1.54, 1.807) is 0 Å². The zero-order chi connectivity index (χ0) is 12.4. The van der Waals surface area contributed by atoms with E-state index in [-0.39, 0.29) is 0 Å². The van der Waals surface area contributed by atoms with Crippen molar-refractivity contribution in [2.45, 2.75) is 44.2 Å². The van der Waals surface area contributed by atoms with Crippen molar-refractivity contribution < 1.29 is 9.84 Å². The molecule has 2 N–H and O–H groups in total. The molecule has 1 fully saturated rings. The van der Waals surface area contributed by atoms with Gasteiger partial charge in [0.1, 0.15) is 5.75 Å². The molecule has 2 aliphatic rings. The first-order chi connectivity index (χ1) is 8.83. The Bertz CT molecular complexity index is 413. The zero-order valence-electron chi connectivity index (χ0n) is 10.7. The van der Waals surface area contributed by atoms with Crippen molar-refractivity contribution in [3.63, 3.8) is 0 Å².